The number of hydrogen-bond acceptors (Lipinski definition) is 5. The topological polar surface area (TPSA) is 68.0 Å². The van der Waals surface area contributed by atoms with Gasteiger partial charge in [0.15, 0.2) is 0 Å². The number of nitrogens with zero attached hydrogens (tertiary/aromatic N) is 1. The molecule has 2 rings (SSSR count). The molecule has 1 saturated heterocycles. The standard InChI is InChI=1S/C14H22N2O3/c1-14(2)9-16(7-11(8-17)19-14)13-5-4-10(18-3)6-12(13)15/h4-6,11,17H,7-9,15H2,1-3H3. The number of nitrogen functional groups attached to an aromatic ring is 1. The van der Waals surface area contributed by atoms with Crippen molar-refractivity contribution in [2.45, 2.75) is 25.6 Å². The fourth-order valence-electron chi connectivity index (χ4n) is 2.52. The average molecular weight is 266 g/mol. The average Bonchev–Trinajstić information content (AvgIpc) is 2.36. The molecular weight excluding hydrogens is 244 g/mol. The third-order valence-corrected chi connectivity index (χ3v) is 3.26. The van der Waals surface area contributed by atoms with Gasteiger partial charge in [-0.15, -0.1) is 0 Å². The van der Waals surface area contributed by atoms with Crippen LogP contribution in [-0.2, 0) is 4.74 Å². The molecule has 0 spiro atoms. The van der Waals surface area contributed by atoms with E-state index in [2.05, 4.69) is 4.90 Å². The van der Waals surface area contributed by atoms with Gasteiger partial charge in [-0.2, -0.15) is 0 Å². The predicted molar refractivity (Wildman–Crippen MR) is 75.7 cm³/mol. The fraction of sp³-hybridized carbons (Fsp3) is 0.571. The largest absolute Gasteiger partial charge is 0.497 e. The summed E-state index contributed by atoms with van der Waals surface area (Å²) in [5, 5.41) is 9.34. The maximum atomic E-state index is 9.34. The zero-order valence-corrected chi connectivity index (χ0v) is 11.7. The number of nitrogens with two attached hydrogens (primary N) is 1. The lowest BCUT2D eigenvalue weighted by Gasteiger charge is -2.43. The van der Waals surface area contributed by atoms with E-state index in [1.54, 1.807) is 7.11 Å². The highest BCUT2D eigenvalue weighted by atomic mass is 16.5. The lowest BCUT2D eigenvalue weighted by atomic mass is 10.0. The smallest absolute Gasteiger partial charge is 0.121 e. The molecule has 1 aliphatic heterocycles. The highest BCUT2D eigenvalue weighted by Gasteiger charge is 2.33. The first-order valence-corrected chi connectivity index (χ1v) is 6.42. The quantitative estimate of drug-likeness (QED) is 0.806. The van der Waals surface area contributed by atoms with Crippen LogP contribution >= 0.6 is 0 Å². The molecular formula is C14H22N2O3. The molecule has 5 heteroatoms. The van der Waals surface area contributed by atoms with Crippen molar-refractivity contribution in [3.05, 3.63) is 18.2 Å². The van der Waals surface area contributed by atoms with E-state index in [-0.39, 0.29) is 18.3 Å². The molecule has 1 aliphatic rings. The molecule has 1 unspecified atom stereocenters. The van der Waals surface area contributed by atoms with E-state index in [0.717, 1.165) is 18.0 Å². The van der Waals surface area contributed by atoms with Crippen LogP contribution in [0, 0.1) is 0 Å². The Labute approximate surface area is 113 Å². The monoisotopic (exact) mass is 266 g/mol. The van der Waals surface area contributed by atoms with Crippen LogP contribution in [0.3, 0.4) is 0 Å². The number of methoxy groups -OCH3 is 1. The molecule has 106 valence electrons. The number of rotatable bonds is 3. The highest BCUT2D eigenvalue weighted by Crippen LogP contribution is 2.32. The van der Waals surface area contributed by atoms with E-state index in [9.17, 15) is 5.11 Å². The van der Waals surface area contributed by atoms with E-state index in [1.807, 2.05) is 32.0 Å². The van der Waals surface area contributed by atoms with Crippen LogP contribution < -0.4 is 15.4 Å². The second kappa shape index (κ2) is 5.27. The minimum absolute atomic E-state index is 0.00991. The van der Waals surface area contributed by atoms with Crippen molar-refractivity contribution >= 4 is 11.4 Å². The Morgan fingerprint density at radius 3 is 2.84 bits per heavy atom. The normalized spacial score (nSPS) is 22.3. The van der Waals surface area contributed by atoms with Crippen molar-refractivity contribution in [3.8, 4) is 5.75 Å². The third-order valence-electron chi connectivity index (χ3n) is 3.26. The molecule has 3 N–H and O–H groups in total. The van der Waals surface area contributed by atoms with E-state index >= 15 is 0 Å². The highest BCUT2D eigenvalue weighted by molar-refractivity contribution is 5.69. The van der Waals surface area contributed by atoms with Crippen LogP contribution in [0.15, 0.2) is 18.2 Å². The van der Waals surface area contributed by atoms with Crippen molar-refractivity contribution in [3.63, 3.8) is 0 Å². The summed E-state index contributed by atoms with van der Waals surface area (Å²) >= 11 is 0. The Morgan fingerprint density at radius 2 is 2.26 bits per heavy atom. The van der Waals surface area contributed by atoms with Crippen LogP contribution in [0.2, 0.25) is 0 Å². The number of ether oxygens (including phenoxy) is 2. The molecule has 0 amide bonds. The molecule has 0 radical (unpaired) electrons. The van der Waals surface area contributed by atoms with Gasteiger partial charge in [0, 0.05) is 19.2 Å². The van der Waals surface area contributed by atoms with E-state index in [4.69, 9.17) is 15.2 Å². The minimum atomic E-state index is -0.308. The number of aliphatic hydroxyl groups is 1. The first kappa shape index (κ1) is 14.0. The lowest BCUT2D eigenvalue weighted by molar-refractivity contribution is -0.100. The first-order chi connectivity index (χ1) is 8.95. The zero-order valence-electron chi connectivity index (χ0n) is 11.7. The summed E-state index contributed by atoms with van der Waals surface area (Å²) in [6.07, 6.45) is -0.190. The van der Waals surface area contributed by atoms with Gasteiger partial charge in [0.1, 0.15) is 5.75 Å². The number of benzene rings is 1. The third kappa shape index (κ3) is 3.11. The Balaban J connectivity index is 2.25. The zero-order chi connectivity index (χ0) is 14.0. The van der Waals surface area contributed by atoms with Crippen molar-refractivity contribution in [1.29, 1.82) is 0 Å². The van der Waals surface area contributed by atoms with Crippen molar-refractivity contribution in [1.82, 2.24) is 0 Å². The van der Waals surface area contributed by atoms with Crippen LogP contribution in [-0.4, -0.2) is 43.6 Å². The van der Waals surface area contributed by atoms with Gasteiger partial charge in [0.05, 0.1) is 36.8 Å². The van der Waals surface area contributed by atoms with E-state index in [1.165, 1.54) is 0 Å². The summed E-state index contributed by atoms with van der Waals surface area (Å²) in [5.74, 6) is 0.743. The molecule has 1 heterocycles. The second-order valence-electron chi connectivity index (χ2n) is 5.49. The van der Waals surface area contributed by atoms with Crippen LogP contribution in [0.4, 0.5) is 11.4 Å². The van der Waals surface area contributed by atoms with E-state index in [0.29, 0.717) is 12.2 Å². The molecule has 0 aliphatic carbocycles. The van der Waals surface area contributed by atoms with Gasteiger partial charge < -0.3 is 25.2 Å². The minimum Gasteiger partial charge on any atom is -0.497 e. The van der Waals surface area contributed by atoms with Gasteiger partial charge in [-0.1, -0.05) is 0 Å². The van der Waals surface area contributed by atoms with Gasteiger partial charge >= 0.3 is 0 Å². The van der Waals surface area contributed by atoms with Crippen LogP contribution in [0.1, 0.15) is 13.8 Å². The van der Waals surface area contributed by atoms with Gasteiger partial charge in [-0.25, -0.2) is 0 Å². The number of hydrogen-bond donors (Lipinski definition) is 2. The summed E-state index contributed by atoms with van der Waals surface area (Å²) in [6.45, 7) is 5.41. The molecule has 0 aromatic heterocycles. The maximum absolute atomic E-state index is 9.34. The summed E-state index contributed by atoms with van der Waals surface area (Å²) in [7, 11) is 1.62. The SMILES string of the molecule is COc1ccc(N2CC(CO)OC(C)(C)C2)c(N)c1. The fourth-order valence-corrected chi connectivity index (χ4v) is 2.52. The maximum Gasteiger partial charge on any atom is 0.121 e. The van der Waals surface area contributed by atoms with E-state index < -0.39 is 0 Å². The molecule has 1 atom stereocenters. The van der Waals surface area contributed by atoms with Crippen molar-refractivity contribution in [2.24, 2.45) is 0 Å². The Hall–Kier alpha value is -1.46. The van der Waals surface area contributed by atoms with Crippen molar-refractivity contribution in [2.75, 3.05) is 37.4 Å². The van der Waals surface area contributed by atoms with Crippen molar-refractivity contribution < 1.29 is 14.6 Å². The second-order valence-corrected chi connectivity index (χ2v) is 5.49. The molecule has 0 saturated carbocycles. The number of aliphatic hydroxyl groups excluding tert-OH is 1. The number of morpholine rings is 1. The molecule has 1 fully saturated rings. The van der Waals surface area contributed by atoms with Gasteiger partial charge in [0.25, 0.3) is 0 Å². The summed E-state index contributed by atoms with van der Waals surface area (Å²) < 4.78 is 11.0. The molecule has 5 nitrogen and oxygen atoms in total. The first-order valence-electron chi connectivity index (χ1n) is 6.42. The Kier molecular flexibility index (Phi) is 3.87. The van der Waals surface area contributed by atoms with Gasteiger partial charge in [0.2, 0.25) is 0 Å². The summed E-state index contributed by atoms with van der Waals surface area (Å²) in [5.41, 5.74) is 7.40. The summed E-state index contributed by atoms with van der Waals surface area (Å²) in [6, 6.07) is 5.65. The van der Waals surface area contributed by atoms with Gasteiger partial charge in [-0.3, -0.25) is 0 Å². The Bertz CT molecular complexity index is 448. The van der Waals surface area contributed by atoms with Crippen LogP contribution in [0.25, 0.3) is 0 Å². The predicted octanol–water partition coefficient (Wildman–Crippen LogP) is 1.25. The Morgan fingerprint density at radius 1 is 1.53 bits per heavy atom. The lowest BCUT2D eigenvalue weighted by Crippen LogP contribution is -2.54. The van der Waals surface area contributed by atoms with Gasteiger partial charge in [-0.05, 0) is 26.0 Å². The molecule has 19 heavy (non-hydrogen) atoms. The molecule has 1 aromatic rings. The molecule has 0 bridgehead atoms. The number of anilines is 2. The molecule has 1 aromatic carbocycles. The summed E-state index contributed by atoms with van der Waals surface area (Å²) in [4.78, 5) is 2.15. The van der Waals surface area contributed by atoms with Crippen LogP contribution in [0.5, 0.6) is 5.75 Å².